The van der Waals surface area contributed by atoms with Gasteiger partial charge in [0.05, 0.1) is 0 Å². The van der Waals surface area contributed by atoms with Crippen molar-refractivity contribution >= 4 is 29.3 Å². The van der Waals surface area contributed by atoms with Gasteiger partial charge in [-0.15, -0.1) is 11.3 Å². The monoisotopic (exact) mass is 341 g/mol. The molecule has 0 aliphatic heterocycles. The number of nitrogens with one attached hydrogen (secondary N) is 1. The molecule has 5 heteroatoms. The third-order valence-electron chi connectivity index (χ3n) is 3.65. The first-order chi connectivity index (χ1) is 11.6. The van der Waals surface area contributed by atoms with Crippen molar-refractivity contribution in [2.45, 2.75) is 31.9 Å². The topological polar surface area (TPSA) is 55.4 Å². The summed E-state index contributed by atoms with van der Waals surface area (Å²) in [6.45, 7) is 1.59. The highest BCUT2D eigenvalue weighted by atomic mass is 32.1. The fourth-order valence-corrected chi connectivity index (χ4v) is 3.08. The van der Waals surface area contributed by atoms with Crippen LogP contribution in [0.5, 0.6) is 0 Å². The van der Waals surface area contributed by atoms with Crippen molar-refractivity contribution < 1.29 is 14.3 Å². The highest BCUT2D eigenvalue weighted by molar-refractivity contribution is 7.16. The van der Waals surface area contributed by atoms with Gasteiger partial charge in [-0.05, 0) is 43.5 Å². The maximum atomic E-state index is 11.8. The average molecular weight is 341 g/mol. The number of hydrogen-bond acceptors (Lipinski definition) is 4. The second kappa shape index (κ2) is 7.45. The third-order valence-corrected chi connectivity index (χ3v) is 4.75. The summed E-state index contributed by atoms with van der Waals surface area (Å²) in [5, 5.41) is 2.82. The zero-order chi connectivity index (χ0) is 16.9. The van der Waals surface area contributed by atoms with Crippen molar-refractivity contribution in [3.8, 4) is 10.4 Å². The molecule has 1 aliphatic carbocycles. The smallest absolute Gasteiger partial charge is 0.331 e. The summed E-state index contributed by atoms with van der Waals surface area (Å²) in [6.07, 6.45) is 4.32. The molecule has 0 spiro atoms. The van der Waals surface area contributed by atoms with E-state index in [1.165, 1.54) is 6.08 Å². The van der Waals surface area contributed by atoms with Crippen molar-refractivity contribution in [1.29, 1.82) is 0 Å². The maximum Gasteiger partial charge on any atom is 0.331 e. The van der Waals surface area contributed by atoms with Gasteiger partial charge < -0.3 is 10.1 Å². The lowest BCUT2D eigenvalue weighted by atomic mass is 10.2. The molecule has 1 aromatic heterocycles. The van der Waals surface area contributed by atoms with Crippen LogP contribution in [-0.4, -0.2) is 24.0 Å². The molecule has 0 unspecified atom stereocenters. The molecule has 1 amide bonds. The molecule has 1 aromatic carbocycles. The summed E-state index contributed by atoms with van der Waals surface area (Å²) in [6, 6.07) is 14.3. The van der Waals surface area contributed by atoms with E-state index in [2.05, 4.69) is 5.32 Å². The SMILES string of the molecule is C[C@H](OC(=O)/C=C/c1ccc(-c2ccccc2)s1)C(=O)NC1CC1. The molecule has 2 aromatic rings. The number of carbonyl (C=O) groups excluding carboxylic acids is 2. The fraction of sp³-hybridized carbons (Fsp3) is 0.263. The predicted molar refractivity (Wildman–Crippen MR) is 95.5 cm³/mol. The van der Waals surface area contributed by atoms with E-state index in [0.717, 1.165) is 28.2 Å². The molecule has 1 heterocycles. The van der Waals surface area contributed by atoms with Gasteiger partial charge in [-0.1, -0.05) is 30.3 Å². The normalized spacial score (nSPS) is 15.2. The van der Waals surface area contributed by atoms with Crippen molar-refractivity contribution in [3.63, 3.8) is 0 Å². The van der Waals surface area contributed by atoms with Gasteiger partial charge in [0.25, 0.3) is 5.91 Å². The standard InChI is InChI=1S/C19H19NO3S/c1-13(19(22)20-15-7-8-15)23-18(21)12-10-16-9-11-17(24-16)14-5-3-2-4-6-14/h2-6,9-13,15H,7-8H2,1H3,(H,20,22)/b12-10+/t13-/m0/s1. The zero-order valence-corrected chi connectivity index (χ0v) is 14.2. The van der Waals surface area contributed by atoms with Crippen LogP contribution in [-0.2, 0) is 14.3 Å². The molecule has 1 saturated carbocycles. The van der Waals surface area contributed by atoms with E-state index in [1.807, 2.05) is 42.5 Å². The molecule has 4 nitrogen and oxygen atoms in total. The number of ether oxygens (including phenoxy) is 1. The van der Waals surface area contributed by atoms with Gasteiger partial charge in [0, 0.05) is 21.9 Å². The van der Waals surface area contributed by atoms with Gasteiger partial charge >= 0.3 is 5.97 Å². The van der Waals surface area contributed by atoms with Crippen molar-refractivity contribution in [2.24, 2.45) is 0 Å². The molecule has 1 N–H and O–H groups in total. The summed E-state index contributed by atoms with van der Waals surface area (Å²) in [7, 11) is 0. The molecular formula is C19H19NO3S. The first-order valence-electron chi connectivity index (χ1n) is 7.96. The van der Waals surface area contributed by atoms with E-state index in [0.29, 0.717) is 0 Å². The minimum Gasteiger partial charge on any atom is -0.449 e. The molecule has 124 valence electrons. The van der Waals surface area contributed by atoms with Crippen LogP contribution in [0.4, 0.5) is 0 Å². The lowest BCUT2D eigenvalue weighted by Gasteiger charge is -2.11. The van der Waals surface area contributed by atoms with Crippen LogP contribution in [0.1, 0.15) is 24.6 Å². The van der Waals surface area contributed by atoms with Crippen molar-refractivity contribution in [1.82, 2.24) is 5.32 Å². The fourth-order valence-electron chi connectivity index (χ4n) is 2.16. The van der Waals surface area contributed by atoms with Crippen molar-refractivity contribution in [3.05, 3.63) is 53.4 Å². The second-order valence-electron chi connectivity index (χ2n) is 5.76. The lowest BCUT2D eigenvalue weighted by molar-refractivity contribution is -0.150. The third kappa shape index (κ3) is 4.55. The Hall–Kier alpha value is -2.40. The summed E-state index contributed by atoms with van der Waals surface area (Å²) >= 11 is 1.60. The number of benzene rings is 1. The van der Waals surface area contributed by atoms with Gasteiger partial charge in [0.1, 0.15) is 0 Å². The van der Waals surface area contributed by atoms with Crippen LogP contribution in [0.2, 0.25) is 0 Å². The molecular weight excluding hydrogens is 322 g/mol. The average Bonchev–Trinajstić information content (AvgIpc) is 3.27. The number of carbonyl (C=O) groups is 2. The van der Waals surface area contributed by atoms with Crippen LogP contribution < -0.4 is 5.32 Å². The molecule has 3 rings (SSSR count). The molecule has 1 fully saturated rings. The van der Waals surface area contributed by atoms with E-state index < -0.39 is 12.1 Å². The second-order valence-corrected chi connectivity index (χ2v) is 6.88. The van der Waals surface area contributed by atoms with Gasteiger partial charge in [-0.2, -0.15) is 0 Å². The molecule has 0 saturated heterocycles. The highest BCUT2D eigenvalue weighted by Gasteiger charge is 2.26. The van der Waals surface area contributed by atoms with E-state index in [9.17, 15) is 9.59 Å². The Bertz CT molecular complexity index is 747. The lowest BCUT2D eigenvalue weighted by Crippen LogP contribution is -2.36. The van der Waals surface area contributed by atoms with E-state index >= 15 is 0 Å². The molecule has 0 radical (unpaired) electrons. The molecule has 24 heavy (non-hydrogen) atoms. The Morgan fingerprint density at radius 2 is 1.96 bits per heavy atom. The predicted octanol–water partition coefficient (Wildman–Crippen LogP) is 3.64. The summed E-state index contributed by atoms with van der Waals surface area (Å²) in [5.41, 5.74) is 1.15. The Labute approximate surface area is 145 Å². The minimum absolute atomic E-state index is 0.235. The maximum absolute atomic E-state index is 11.8. The van der Waals surface area contributed by atoms with Gasteiger partial charge in [-0.3, -0.25) is 4.79 Å². The first kappa shape index (κ1) is 16.5. The zero-order valence-electron chi connectivity index (χ0n) is 13.4. The van der Waals surface area contributed by atoms with Crippen LogP contribution in [0.25, 0.3) is 16.5 Å². The van der Waals surface area contributed by atoms with E-state index in [4.69, 9.17) is 4.74 Å². The molecule has 1 aliphatic rings. The Kier molecular flexibility index (Phi) is 5.11. The minimum atomic E-state index is -0.772. The largest absolute Gasteiger partial charge is 0.449 e. The Morgan fingerprint density at radius 1 is 1.21 bits per heavy atom. The number of amides is 1. The molecule has 0 bridgehead atoms. The first-order valence-corrected chi connectivity index (χ1v) is 8.78. The summed E-state index contributed by atoms with van der Waals surface area (Å²) in [5.74, 6) is -0.746. The number of thiophene rings is 1. The van der Waals surface area contributed by atoms with Gasteiger partial charge in [0.2, 0.25) is 0 Å². The van der Waals surface area contributed by atoms with Gasteiger partial charge in [-0.25, -0.2) is 4.79 Å². The van der Waals surface area contributed by atoms with Crippen LogP contribution >= 0.6 is 11.3 Å². The van der Waals surface area contributed by atoms with Crippen LogP contribution in [0.15, 0.2) is 48.5 Å². The quantitative estimate of drug-likeness (QED) is 0.645. The van der Waals surface area contributed by atoms with Crippen LogP contribution in [0.3, 0.4) is 0 Å². The summed E-state index contributed by atoms with van der Waals surface area (Å²) < 4.78 is 5.12. The number of rotatable bonds is 6. The van der Waals surface area contributed by atoms with E-state index in [1.54, 1.807) is 24.3 Å². The van der Waals surface area contributed by atoms with Gasteiger partial charge in [0.15, 0.2) is 6.10 Å². The Morgan fingerprint density at radius 3 is 2.67 bits per heavy atom. The molecule has 1 atom stereocenters. The van der Waals surface area contributed by atoms with Crippen molar-refractivity contribution in [2.75, 3.05) is 0 Å². The summed E-state index contributed by atoms with van der Waals surface area (Å²) in [4.78, 5) is 25.7. The van der Waals surface area contributed by atoms with Crippen LogP contribution in [0, 0.1) is 0 Å². The highest BCUT2D eigenvalue weighted by Crippen LogP contribution is 2.28. The number of esters is 1. The number of hydrogen-bond donors (Lipinski definition) is 1. The van der Waals surface area contributed by atoms with E-state index in [-0.39, 0.29) is 11.9 Å². The Balaban J connectivity index is 1.54.